The lowest BCUT2D eigenvalue weighted by molar-refractivity contribution is 0.372. The van der Waals surface area contributed by atoms with Crippen molar-refractivity contribution in [2.75, 3.05) is 4.90 Å². The molecule has 1 aromatic heterocycles. The smallest absolute Gasteiger partial charge is 0.186 e. The summed E-state index contributed by atoms with van der Waals surface area (Å²) >= 11 is 0. The van der Waals surface area contributed by atoms with Gasteiger partial charge >= 0.3 is 0 Å². The summed E-state index contributed by atoms with van der Waals surface area (Å²) in [5, 5.41) is 99.3. The van der Waals surface area contributed by atoms with Crippen molar-refractivity contribution in [1.82, 2.24) is 4.57 Å². The molecule has 0 unspecified atom stereocenters. The fraction of sp³-hybridized carbons (Fsp3) is 0.0357. The SMILES string of the molecule is C/C=C\c1c(C)cccc1-c1c(O)c(O)c(N(c2ccc(-c3ccccc3-n3c4ccccc4c4ccccc43)cc2)c2c(O)c(O)c(-c3cccc4ccccc34)c(O)c2O)c(O)c1O. The van der Waals surface area contributed by atoms with Crippen molar-refractivity contribution in [1.29, 1.82) is 0 Å². The molecule has 0 aliphatic rings. The van der Waals surface area contributed by atoms with Gasteiger partial charge in [0.25, 0.3) is 0 Å². The average molecular weight is 871 g/mol. The minimum absolute atomic E-state index is 0.0534. The van der Waals surface area contributed by atoms with Crippen LogP contribution in [0.15, 0.2) is 164 Å². The van der Waals surface area contributed by atoms with Crippen LogP contribution in [-0.2, 0) is 0 Å². The van der Waals surface area contributed by atoms with Gasteiger partial charge in [-0.2, -0.15) is 0 Å². The van der Waals surface area contributed by atoms with Crippen LogP contribution in [0.1, 0.15) is 18.1 Å². The van der Waals surface area contributed by atoms with Gasteiger partial charge in [-0.3, -0.25) is 4.90 Å². The number of phenols is 8. The highest BCUT2D eigenvalue weighted by Crippen LogP contribution is 2.64. The highest BCUT2D eigenvalue weighted by molar-refractivity contribution is 6.10. The standard InChI is InChI=1S/C56H42N2O8/c1-3-14-35-31(2)15-12-22-40(35)45-49(59)53(63)47(54(64)50(45)60)57(48-55(65)51(61)46(52(62)56(48)66)41-23-13-17-32-16-4-5-18-36(32)41)34-29-27-33(28-30-34)37-19-6-9-24-42(37)58-43-25-10-7-20-38(43)39-21-8-11-26-44(39)58/h3-30,59-66H,1-2H3/b14-3-. The van der Waals surface area contributed by atoms with Crippen LogP contribution in [-0.4, -0.2) is 45.4 Å². The van der Waals surface area contributed by atoms with Crippen LogP contribution >= 0.6 is 0 Å². The molecule has 0 atom stereocenters. The number of allylic oxidation sites excluding steroid dienone is 1. The van der Waals surface area contributed by atoms with Gasteiger partial charge in [-0.15, -0.1) is 0 Å². The number of aromatic nitrogens is 1. The van der Waals surface area contributed by atoms with E-state index >= 15 is 0 Å². The van der Waals surface area contributed by atoms with E-state index in [-0.39, 0.29) is 16.8 Å². The van der Waals surface area contributed by atoms with Crippen LogP contribution in [0.25, 0.3) is 77.7 Å². The largest absolute Gasteiger partial charge is 0.504 e. The van der Waals surface area contributed by atoms with Crippen molar-refractivity contribution >= 4 is 55.7 Å². The molecule has 66 heavy (non-hydrogen) atoms. The highest BCUT2D eigenvalue weighted by atomic mass is 16.3. The minimum atomic E-state index is -0.954. The summed E-state index contributed by atoms with van der Waals surface area (Å²) in [6, 6.07) is 48.3. The zero-order valence-corrected chi connectivity index (χ0v) is 35.6. The molecule has 10 aromatic rings. The molecule has 10 nitrogen and oxygen atoms in total. The number of aryl methyl sites for hydroxylation is 1. The Morgan fingerprint density at radius 2 is 0.879 bits per heavy atom. The normalized spacial score (nSPS) is 11.6. The lowest BCUT2D eigenvalue weighted by Crippen LogP contribution is -2.12. The third-order valence-corrected chi connectivity index (χ3v) is 12.3. The second-order valence-electron chi connectivity index (χ2n) is 16.1. The van der Waals surface area contributed by atoms with Gasteiger partial charge in [0.2, 0.25) is 0 Å². The first-order valence-electron chi connectivity index (χ1n) is 21.2. The second kappa shape index (κ2) is 16.0. The zero-order chi connectivity index (χ0) is 46.0. The van der Waals surface area contributed by atoms with Crippen LogP contribution in [0.5, 0.6) is 46.0 Å². The van der Waals surface area contributed by atoms with E-state index in [9.17, 15) is 40.9 Å². The van der Waals surface area contributed by atoms with Crippen molar-refractivity contribution in [2.24, 2.45) is 0 Å². The number of rotatable bonds is 8. The number of hydrogen-bond donors (Lipinski definition) is 8. The Bertz CT molecular complexity index is 3490. The maximum Gasteiger partial charge on any atom is 0.186 e. The first-order valence-corrected chi connectivity index (χ1v) is 21.2. The Labute approximate surface area is 378 Å². The van der Waals surface area contributed by atoms with Crippen LogP contribution < -0.4 is 4.90 Å². The van der Waals surface area contributed by atoms with Crippen LogP contribution in [0.2, 0.25) is 0 Å². The number of benzene rings is 9. The monoisotopic (exact) mass is 870 g/mol. The maximum absolute atomic E-state index is 12.1. The van der Waals surface area contributed by atoms with E-state index in [1.807, 2.05) is 79.7 Å². The molecule has 324 valence electrons. The van der Waals surface area contributed by atoms with E-state index in [1.54, 1.807) is 79.7 Å². The molecule has 8 N–H and O–H groups in total. The molecule has 0 bridgehead atoms. The number of nitrogens with zero attached hydrogens (tertiary/aromatic N) is 2. The quantitative estimate of drug-likeness (QED) is 0.0547. The van der Waals surface area contributed by atoms with Crippen LogP contribution in [0.4, 0.5) is 17.1 Å². The number of fused-ring (bicyclic) bond motifs is 4. The number of aromatic hydroxyl groups is 8. The number of hydrogen-bond acceptors (Lipinski definition) is 9. The Morgan fingerprint density at radius 1 is 0.424 bits per heavy atom. The van der Waals surface area contributed by atoms with Gasteiger partial charge < -0.3 is 45.4 Å². The lowest BCUT2D eigenvalue weighted by atomic mass is 9.92. The Kier molecular flexibility index (Phi) is 9.92. The molecule has 10 rings (SSSR count). The van der Waals surface area contributed by atoms with Crippen molar-refractivity contribution in [2.45, 2.75) is 13.8 Å². The molecule has 0 fully saturated rings. The van der Waals surface area contributed by atoms with Gasteiger partial charge in [-0.1, -0.05) is 140 Å². The third-order valence-electron chi connectivity index (χ3n) is 12.3. The van der Waals surface area contributed by atoms with Crippen LogP contribution in [0.3, 0.4) is 0 Å². The van der Waals surface area contributed by atoms with E-state index in [0.717, 1.165) is 54.5 Å². The molecule has 0 aliphatic carbocycles. The number of phenolic OH excluding ortho intramolecular Hbond substituents is 8. The summed E-state index contributed by atoms with van der Waals surface area (Å²) in [7, 11) is 0. The highest BCUT2D eigenvalue weighted by Gasteiger charge is 2.36. The van der Waals surface area contributed by atoms with E-state index in [4.69, 9.17) is 0 Å². The van der Waals surface area contributed by atoms with Gasteiger partial charge in [-0.25, -0.2) is 0 Å². The van der Waals surface area contributed by atoms with Gasteiger partial charge in [0.15, 0.2) is 46.0 Å². The van der Waals surface area contributed by atoms with E-state index in [1.165, 1.54) is 0 Å². The molecule has 1 heterocycles. The Balaban J connectivity index is 1.20. The molecule has 0 aliphatic heterocycles. The molecular formula is C56H42N2O8. The number of para-hydroxylation sites is 3. The Hall–Kier alpha value is -9.02. The maximum atomic E-state index is 12.1. The molecule has 0 saturated carbocycles. The third kappa shape index (κ3) is 6.26. The predicted molar refractivity (Wildman–Crippen MR) is 262 cm³/mol. The van der Waals surface area contributed by atoms with E-state index < -0.39 is 57.4 Å². The molecule has 9 aromatic carbocycles. The van der Waals surface area contributed by atoms with Gasteiger partial charge in [0.05, 0.1) is 27.8 Å². The molecule has 0 saturated heterocycles. The molecule has 0 spiro atoms. The Morgan fingerprint density at radius 3 is 1.47 bits per heavy atom. The fourth-order valence-corrected chi connectivity index (χ4v) is 9.29. The summed E-state index contributed by atoms with van der Waals surface area (Å²) in [6.45, 7) is 3.63. The van der Waals surface area contributed by atoms with Gasteiger partial charge in [0.1, 0.15) is 11.4 Å². The second-order valence-corrected chi connectivity index (χ2v) is 16.1. The van der Waals surface area contributed by atoms with E-state index in [0.29, 0.717) is 22.1 Å². The molecule has 10 heteroatoms. The molecule has 0 radical (unpaired) electrons. The van der Waals surface area contributed by atoms with Crippen LogP contribution in [0, 0.1) is 6.92 Å². The topological polar surface area (TPSA) is 170 Å². The fourth-order valence-electron chi connectivity index (χ4n) is 9.29. The zero-order valence-electron chi connectivity index (χ0n) is 35.6. The summed E-state index contributed by atoms with van der Waals surface area (Å²) in [5.74, 6) is -7.16. The number of anilines is 3. The summed E-state index contributed by atoms with van der Waals surface area (Å²) in [5.41, 5.74) is 4.52. The minimum Gasteiger partial charge on any atom is -0.504 e. The van der Waals surface area contributed by atoms with Gasteiger partial charge in [-0.05, 0) is 82.8 Å². The van der Waals surface area contributed by atoms with Crippen molar-refractivity contribution < 1.29 is 40.9 Å². The summed E-state index contributed by atoms with van der Waals surface area (Å²) in [4.78, 5) is 0.955. The first-order chi connectivity index (χ1) is 32.0. The van der Waals surface area contributed by atoms with Gasteiger partial charge in [0, 0.05) is 22.0 Å². The predicted octanol–water partition coefficient (Wildman–Crippen LogP) is 13.4. The molecule has 0 amide bonds. The van der Waals surface area contributed by atoms with Crippen molar-refractivity contribution in [3.8, 4) is 85.1 Å². The average Bonchev–Trinajstić information content (AvgIpc) is 3.68. The summed E-state index contributed by atoms with van der Waals surface area (Å²) < 4.78 is 2.19. The van der Waals surface area contributed by atoms with Crippen molar-refractivity contribution in [3.63, 3.8) is 0 Å². The summed E-state index contributed by atoms with van der Waals surface area (Å²) in [6.07, 6.45) is 3.53. The van der Waals surface area contributed by atoms with E-state index in [2.05, 4.69) is 28.8 Å². The molecular weight excluding hydrogens is 829 g/mol. The first kappa shape index (κ1) is 41.0. The lowest BCUT2D eigenvalue weighted by Gasteiger charge is -2.30. The van der Waals surface area contributed by atoms with Crippen molar-refractivity contribution in [3.05, 3.63) is 175 Å².